The predicted octanol–water partition coefficient (Wildman–Crippen LogP) is 1.94. The van der Waals surface area contributed by atoms with Crippen LogP contribution in [0.2, 0.25) is 0 Å². The summed E-state index contributed by atoms with van der Waals surface area (Å²) in [4.78, 5) is 14.8. The molecule has 1 rings (SSSR count). The highest BCUT2D eigenvalue weighted by molar-refractivity contribution is 7.99. The topological polar surface area (TPSA) is 42.0 Å². The summed E-state index contributed by atoms with van der Waals surface area (Å²) >= 11 is 1.04. The summed E-state index contributed by atoms with van der Waals surface area (Å²) in [6, 6.07) is 2.15. The smallest absolute Gasteiger partial charge is 0.344 e. The summed E-state index contributed by atoms with van der Waals surface area (Å²) in [7, 11) is 0. The lowest BCUT2D eigenvalue weighted by Crippen LogP contribution is -2.25. The van der Waals surface area contributed by atoms with E-state index in [1.807, 2.05) is 0 Å². The Balaban J connectivity index is 2.50. The molecule has 18 heavy (non-hydrogen) atoms. The Bertz CT molecular complexity index is 451. The molecule has 1 N–H and O–H groups in total. The van der Waals surface area contributed by atoms with E-state index in [9.17, 15) is 18.0 Å². The van der Waals surface area contributed by atoms with Crippen molar-refractivity contribution in [1.29, 1.82) is 0 Å². The number of carbonyl (C=O) groups excluding carboxylic acids is 1. The van der Waals surface area contributed by atoms with Crippen LogP contribution in [0.25, 0.3) is 0 Å². The summed E-state index contributed by atoms with van der Waals surface area (Å²) in [6.07, 6.45) is 1.29. The van der Waals surface area contributed by atoms with Crippen molar-refractivity contribution >= 4 is 17.7 Å². The van der Waals surface area contributed by atoms with Gasteiger partial charge in [-0.15, -0.1) is 6.42 Å². The average Bonchev–Trinajstić information content (AvgIpc) is 2.33. The highest BCUT2D eigenvalue weighted by Crippen LogP contribution is 2.29. The zero-order valence-electron chi connectivity index (χ0n) is 9.12. The summed E-state index contributed by atoms with van der Waals surface area (Å²) in [5.74, 6) is 2.00. The molecule has 0 fully saturated rings. The second-order valence-electron chi connectivity index (χ2n) is 3.15. The molecule has 1 heterocycles. The van der Waals surface area contributed by atoms with E-state index >= 15 is 0 Å². The van der Waals surface area contributed by atoms with E-state index in [2.05, 4.69) is 16.2 Å². The number of pyridine rings is 1. The average molecular weight is 274 g/mol. The SMILES string of the molecule is C#CCNC(=O)CSc1ccc(C(F)(F)F)cn1. The maximum Gasteiger partial charge on any atom is 0.417 e. The molecule has 3 nitrogen and oxygen atoms in total. The van der Waals surface area contributed by atoms with Crippen molar-refractivity contribution in [1.82, 2.24) is 10.3 Å². The Kier molecular flexibility index (Phi) is 5.04. The molecule has 0 saturated carbocycles. The summed E-state index contributed by atoms with van der Waals surface area (Å²) in [6.45, 7) is 0.125. The van der Waals surface area contributed by atoms with Crippen molar-refractivity contribution in [3.63, 3.8) is 0 Å². The fraction of sp³-hybridized carbons (Fsp3) is 0.273. The van der Waals surface area contributed by atoms with Crippen LogP contribution < -0.4 is 5.32 Å². The third-order valence-corrected chi connectivity index (χ3v) is 2.75. The number of amides is 1. The van der Waals surface area contributed by atoms with Crippen molar-refractivity contribution in [2.75, 3.05) is 12.3 Å². The van der Waals surface area contributed by atoms with Crippen molar-refractivity contribution in [2.24, 2.45) is 0 Å². The van der Waals surface area contributed by atoms with Crippen LogP contribution in [0.1, 0.15) is 5.56 Å². The Morgan fingerprint density at radius 3 is 2.72 bits per heavy atom. The van der Waals surface area contributed by atoms with Crippen molar-refractivity contribution in [3.05, 3.63) is 23.9 Å². The first-order chi connectivity index (χ1) is 8.43. The van der Waals surface area contributed by atoms with Crippen LogP contribution in [0.15, 0.2) is 23.4 Å². The van der Waals surface area contributed by atoms with Gasteiger partial charge in [0.25, 0.3) is 0 Å². The van der Waals surface area contributed by atoms with Gasteiger partial charge in [-0.3, -0.25) is 4.79 Å². The zero-order chi connectivity index (χ0) is 13.6. The second-order valence-corrected chi connectivity index (χ2v) is 4.15. The molecule has 0 saturated heterocycles. The molecule has 0 aliphatic rings. The third kappa shape index (κ3) is 4.67. The molecule has 0 radical (unpaired) electrons. The van der Waals surface area contributed by atoms with Crippen molar-refractivity contribution < 1.29 is 18.0 Å². The summed E-state index contributed by atoms with van der Waals surface area (Å²) in [5, 5.41) is 2.78. The van der Waals surface area contributed by atoms with Crippen LogP contribution in [-0.2, 0) is 11.0 Å². The fourth-order valence-electron chi connectivity index (χ4n) is 0.973. The molecule has 0 aromatic carbocycles. The van der Waals surface area contributed by atoms with E-state index in [0.29, 0.717) is 5.03 Å². The van der Waals surface area contributed by atoms with Crippen molar-refractivity contribution in [3.8, 4) is 12.3 Å². The number of alkyl halides is 3. The molecular weight excluding hydrogens is 265 g/mol. The normalized spacial score (nSPS) is 10.8. The van der Waals surface area contributed by atoms with E-state index in [1.165, 1.54) is 6.07 Å². The third-order valence-electron chi connectivity index (χ3n) is 1.80. The number of aromatic nitrogens is 1. The van der Waals surface area contributed by atoms with E-state index in [1.54, 1.807) is 0 Å². The number of nitrogens with one attached hydrogen (secondary N) is 1. The molecule has 0 aliphatic heterocycles. The number of terminal acetylenes is 1. The lowest BCUT2D eigenvalue weighted by Gasteiger charge is -2.06. The van der Waals surface area contributed by atoms with Gasteiger partial charge < -0.3 is 5.32 Å². The summed E-state index contributed by atoms with van der Waals surface area (Å²) < 4.78 is 36.7. The molecule has 96 valence electrons. The largest absolute Gasteiger partial charge is 0.417 e. The minimum atomic E-state index is -4.40. The van der Waals surface area contributed by atoms with Gasteiger partial charge in [0.05, 0.1) is 22.9 Å². The number of halogens is 3. The van der Waals surface area contributed by atoms with Crippen LogP contribution in [0.4, 0.5) is 13.2 Å². The van der Waals surface area contributed by atoms with Crippen LogP contribution in [-0.4, -0.2) is 23.2 Å². The molecular formula is C11H9F3N2OS. The van der Waals surface area contributed by atoms with Crippen molar-refractivity contribution in [2.45, 2.75) is 11.2 Å². The summed E-state index contributed by atoms with van der Waals surface area (Å²) in [5.41, 5.74) is -0.816. The number of rotatable bonds is 4. The van der Waals surface area contributed by atoms with E-state index in [4.69, 9.17) is 6.42 Å². The lowest BCUT2D eigenvalue weighted by molar-refractivity contribution is -0.137. The van der Waals surface area contributed by atoms with E-state index in [-0.39, 0.29) is 18.2 Å². The van der Waals surface area contributed by atoms with Gasteiger partial charge in [0.2, 0.25) is 5.91 Å². The number of hydrogen-bond acceptors (Lipinski definition) is 3. The van der Waals surface area contributed by atoms with E-state index in [0.717, 1.165) is 24.0 Å². The molecule has 0 bridgehead atoms. The molecule has 1 aromatic rings. The standard InChI is InChI=1S/C11H9F3N2OS/c1-2-5-15-9(17)7-18-10-4-3-8(6-16-10)11(12,13)14/h1,3-4,6H,5,7H2,(H,15,17). The highest BCUT2D eigenvalue weighted by atomic mass is 32.2. The molecule has 1 amide bonds. The first-order valence-electron chi connectivity index (χ1n) is 4.79. The first kappa shape index (κ1) is 14.4. The highest BCUT2D eigenvalue weighted by Gasteiger charge is 2.30. The molecule has 0 aliphatic carbocycles. The minimum absolute atomic E-state index is 0.0556. The number of hydrogen-bond donors (Lipinski definition) is 1. The quantitative estimate of drug-likeness (QED) is 0.674. The van der Waals surface area contributed by atoms with Gasteiger partial charge in [-0.05, 0) is 12.1 Å². The Morgan fingerprint density at radius 2 is 2.22 bits per heavy atom. The first-order valence-corrected chi connectivity index (χ1v) is 5.78. The molecule has 0 atom stereocenters. The van der Waals surface area contributed by atoms with Crippen LogP contribution in [0.3, 0.4) is 0 Å². The van der Waals surface area contributed by atoms with Gasteiger partial charge in [0, 0.05) is 6.20 Å². The minimum Gasteiger partial charge on any atom is -0.344 e. The Labute approximate surface area is 106 Å². The zero-order valence-corrected chi connectivity index (χ0v) is 9.94. The Morgan fingerprint density at radius 1 is 1.50 bits per heavy atom. The molecule has 1 aromatic heterocycles. The van der Waals surface area contributed by atoms with Gasteiger partial charge in [-0.25, -0.2) is 4.98 Å². The lowest BCUT2D eigenvalue weighted by atomic mass is 10.3. The van der Waals surface area contributed by atoms with Gasteiger partial charge in [-0.1, -0.05) is 17.7 Å². The van der Waals surface area contributed by atoms with Gasteiger partial charge >= 0.3 is 6.18 Å². The second kappa shape index (κ2) is 6.31. The number of nitrogens with zero attached hydrogens (tertiary/aromatic N) is 1. The maximum absolute atomic E-state index is 12.2. The molecule has 0 spiro atoms. The van der Waals surface area contributed by atoms with Crippen LogP contribution in [0, 0.1) is 12.3 Å². The molecule has 0 unspecified atom stereocenters. The van der Waals surface area contributed by atoms with Gasteiger partial charge in [0.1, 0.15) is 0 Å². The monoisotopic (exact) mass is 274 g/mol. The maximum atomic E-state index is 12.2. The number of thioether (sulfide) groups is 1. The predicted molar refractivity (Wildman–Crippen MR) is 61.8 cm³/mol. The van der Waals surface area contributed by atoms with Crippen LogP contribution in [0.5, 0.6) is 0 Å². The van der Waals surface area contributed by atoms with Gasteiger partial charge in [0.15, 0.2) is 0 Å². The fourth-order valence-corrected chi connectivity index (χ4v) is 1.65. The van der Waals surface area contributed by atoms with Crippen LogP contribution >= 0.6 is 11.8 Å². The molecule has 7 heteroatoms. The Hall–Kier alpha value is -1.68. The van der Waals surface area contributed by atoms with E-state index < -0.39 is 11.7 Å². The van der Waals surface area contributed by atoms with Gasteiger partial charge in [-0.2, -0.15) is 13.2 Å². The number of carbonyl (C=O) groups is 1.